The molecule has 0 amide bonds. The molecule has 0 fully saturated rings. The second kappa shape index (κ2) is 7.20. The Morgan fingerprint density at radius 2 is 1.69 bits per heavy atom. The maximum Gasteiger partial charge on any atom is 0.369 e. The number of hydrogen-bond acceptors (Lipinski definition) is 3. The first-order valence-electron chi connectivity index (χ1n) is 3.24. The summed E-state index contributed by atoms with van der Waals surface area (Å²) in [4.78, 5) is 19.3. The molecule has 0 atom stereocenters. The van der Waals surface area contributed by atoms with Crippen LogP contribution < -0.4 is 0 Å². The summed E-state index contributed by atoms with van der Waals surface area (Å²) in [5, 5.41) is 7.90. The van der Waals surface area contributed by atoms with Crippen molar-refractivity contribution in [1.82, 2.24) is 4.90 Å². The zero-order valence-corrected chi connectivity index (χ0v) is 7.54. The first-order chi connectivity index (χ1) is 5.88. The molecule has 76 valence electrons. The normalized spacial score (nSPS) is 10.5. The second-order valence-electron chi connectivity index (χ2n) is 2.04. The molecule has 0 aromatic rings. The lowest BCUT2D eigenvalue weighted by molar-refractivity contribution is -0.134. The van der Waals surface area contributed by atoms with Gasteiger partial charge in [0.1, 0.15) is 6.29 Å². The van der Waals surface area contributed by atoms with Gasteiger partial charge in [0.25, 0.3) is 5.83 Å². The van der Waals surface area contributed by atoms with Crippen molar-refractivity contribution >= 4 is 12.3 Å². The summed E-state index contributed by atoms with van der Waals surface area (Å²) in [7, 11) is 2.41. The molecule has 0 heterocycles. The van der Waals surface area contributed by atoms with Crippen molar-refractivity contribution in [2.75, 3.05) is 14.1 Å². The van der Waals surface area contributed by atoms with Crippen LogP contribution in [0.15, 0.2) is 11.8 Å². The second-order valence-corrected chi connectivity index (χ2v) is 2.04. The Labute approximate surface area is 74.5 Å². The Kier molecular flexibility index (Phi) is 7.80. The lowest BCUT2D eigenvalue weighted by Crippen LogP contribution is -2.12. The number of aliphatic carboxylic acids is 1. The van der Waals surface area contributed by atoms with Gasteiger partial charge in [-0.25, -0.2) is 4.79 Å². The van der Waals surface area contributed by atoms with E-state index in [0.717, 1.165) is 11.2 Å². The van der Waals surface area contributed by atoms with Crippen LogP contribution in [0.1, 0.15) is 6.92 Å². The van der Waals surface area contributed by atoms with Crippen LogP contribution in [0.25, 0.3) is 0 Å². The molecule has 0 aliphatic rings. The predicted molar refractivity (Wildman–Crippen MR) is 42.3 cm³/mol. The van der Waals surface area contributed by atoms with E-state index in [0.29, 0.717) is 0 Å². The zero-order chi connectivity index (χ0) is 11.0. The number of aldehydes is 1. The van der Waals surface area contributed by atoms with Gasteiger partial charge in [-0.05, 0) is 6.92 Å². The maximum absolute atomic E-state index is 12.2. The van der Waals surface area contributed by atoms with Gasteiger partial charge in [-0.15, -0.1) is 0 Å². The Morgan fingerprint density at radius 3 is 1.77 bits per heavy atom. The van der Waals surface area contributed by atoms with Crippen LogP contribution in [0.4, 0.5) is 8.78 Å². The molecular weight excluding hydrogens is 184 g/mol. The molecule has 4 nitrogen and oxygen atoms in total. The molecule has 0 aromatic carbocycles. The molecule has 0 saturated carbocycles. The lowest BCUT2D eigenvalue weighted by atomic mass is 10.5. The topological polar surface area (TPSA) is 57.6 Å². The molecule has 0 saturated heterocycles. The SMILES string of the molecule is CC=O.CN(C)C(F)=C(F)C(=O)O. The fourth-order valence-corrected chi connectivity index (χ4v) is 0.285. The molecule has 0 aliphatic heterocycles. The van der Waals surface area contributed by atoms with Crippen molar-refractivity contribution < 1.29 is 23.5 Å². The van der Waals surface area contributed by atoms with Gasteiger partial charge in [-0.3, -0.25) is 0 Å². The molecule has 0 unspecified atom stereocenters. The highest BCUT2D eigenvalue weighted by molar-refractivity contribution is 5.84. The van der Waals surface area contributed by atoms with Crippen molar-refractivity contribution in [1.29, 1.82) is 0 Å². The molecule has 13 heavy (non-hydrogen) atoms. The summed E-state index contributed by atoms with van der Waals surface area (Å²) < 4.78 is 24.3. The highest BCUT2D eigenvalue weighted by atomic mass is 19.2. The van der Waals surface area contributed by atoms with E-state index in [9.17, 15) is 13.6 Å². The number of hydrogen-bond donors (Lipinski definition) is 1. The van der Waals surface area contributed by atoms with Crippen LogP contribution in [-0.4, -0.2) is 36.4 Å². The van der Waals surface area contributed by atoms with Gasteiger partial charge in [0.2, 0.25) is 5.95 Å². The number of carboxylic acid groups (broad SMARTS) is 1. The van der Waals surface area contributed by atoms with Gasteiger partial charge in [-0.2, -0.15) is 8.78 Å². The molecule has 0 radical (unpaired) electrons. The zero-order valence-electron chi connectivity index (χ0n) is 7.54. The van der Waals surface area contributed by atoms with E-state index < -0.39 is 17.7 Å². The maximum atomic E-state index is 12.2. The van der Waals surface area contributed by atoms with Crippen LogP contribution in [0.3, 0.4) is 0 Å². The van der Waals surface area contributed by atoms with E-state index in [1.165, 1.54) is 21.0 Å². The first-order valence-corrected chi connectivity index (χ1v) is 3.24. The molecule has 0 aromatic heterocycles. The van der Waals surface area contributed by atoms with Crippen molar-refractivity contribution in [3.63, 3.8) is 0 Å². The summed E-state index contributed by atoms with van der Waals surface area (Å²) >= 11 is 0. The van der Waals surface area contributed by atoms with Crippen LogP contribution in [0.2, 0.25) is 0 Å². The Morgan fingerprint density at radius 1 is 1.38 bits per heavy atom. The fourth-order valence-electron chi connectivity index (χ4n) is 0.285. The van der Waals surface area contributed by atoms with Crippen molar-refractivity contribution in [3.8, 4) is 0 Å². The summed E-state index contributed by atoms with van der Waals surface area (Å²) in [5.41, 5.74) is 0. The fraction of sp³-hybridized carbons (Fsp3) is 0.429. The number of carbonyl (C=O) groups is 2. The number of rotatable bonds is 2. The highest BCUT2D eigenvalue weighted by Gasteiger charge is 2.14. The van der Waals surface area contributed by atoms with E-state index in [1.807, 2.05) is 0 Å². The largest absolute Gasteiger partial charge is 0.476 e. The molecule has 0 bridgehead atoms. The Balaban J connectivity index is 0. The van der Waals surface area contributed by atoms with Crippen LogP contribution in [0.5, 0.6) is 0 Å². The van der Waals surface area contributed by atoms with Gasteiger partial charge in [0, 0.05) is 14.1 Å². The predicted octanol–water partition coefficient (Wildman–Crippen LogP) is 0.946. The third-order valence-electron chi connectivity index (χ3n) is 0.762. The van der Waals surface area contributed by atoms with Crippen molar-refractivity contribution in [3.05, 3.63) is 11.8 Å². The van der Waals surface area contributed by atoms with Gasteiger partial charge in [0.05, 0.1) is 0 Å². The van der Waals surface area contributed by atoms with Crippen molar-refractivity contribution in [2.24, 2.45) is 0 Å². The lowest BCUT2D eigenvalue weighted by Gasteiger charge is -2.07. The van der Waals surface area contributed by atoms with E-state index in [2.05, 4.69) is 0 Å². The average Bonchev–Trinajstić information content (AvgIpc) is 2.03. The van der Waals surface area contributed by atoms with E-state index >= 15 is 0 Å². The Bertz CT molecular complexity index is 214. The third-order valence-corrected chi connectivity index (χ3v) is 0.762. The molecule has 1 N–H and O–H groups in total. The highest BCUT2D eigenvalue weighted by Crippen LogP contribution is 2.09. The summed E-state index contributed by atoms with van der Waals surface area (Å²) in [6, 6.07) is 0. The monoisotopic (exact) mass is 195 g/mol. The molecule has 0 rings (SSSR count). The van der Waals surface area contributed by atoms with Gasteiger partial charge < -0.3 is 14.8 Å². The number of carbonyl (C=O) groups excluding carboxylic acids is 1. The smallest absolute Gasteiger partial charge is 0.369 e. The summed E-state index contributed by atoms with van der Waals surface area (Å²) in [6.07, 6.45) is 0.750. The quantitative estimate of drug-likeness (QED) is 0.405. The van der Waals surface area contributed by atoms with Gasteiger partial charge in [-0.1, -0.05) is 0 Å². The Hall–Kier alpha value is -1.46. The standard InChI is InChI=1S/C5H7F2NO2.C2H4O/c1-8(2)4(7)3(6)5(9)10;1-2-3/h1-2H3,(H,9,10);2H,1H3. The van der Waals surface area contributed by atoms with Crippen LogP contribution >= 0.6 is 0 Å². The van der Waals surface area contributed by atoms with Crippen molar-refractivity contribution in [2.45, 2.75) is 6.92 Å². The van der Waals surface area contributed by atoms with E-state index in [4.69, 9.17) is 9.90 Å². The average molecular weight is 195 g/mol. The summed E-state index contributed by atoms with van der Waals surface area (Å²) in [6.45, 7) is 1.44. The van der Waals surface area contributed by atoms with Crippen LogP contribution in [-0.2, 0) is 9.59 Å². The third kappa shape index (κ3) is 6.92. The van der Waals surface area contributed by atoms with Gasteiger partial charge >= 0.3 is 5.97 Å². The number of halogens is 2. The number of carboxylic acids is 1. The first kappa shape index (κ1) is 14.1. The van der Waals surface area contributed by atoms with Crippen LogP contribution in [0, 0.1) is 0 Å². The minimum atomic E-state index is -1.90. The minimum Gasteiger partial charge on any atom is -0.476 e. The molecular formula is C7H11F2NO3. The van der Waals surface area contributed by atoms with E-state index in [1.54, 1.807) is 0 Å². The van der Waals surface area contributed by atoms with Gasteiger partial charge in [0.15, 0.2) is 0 Å². The van der Waals surface area contributed by atoms with E-state index in [-0.39, 0.29) is 0 Å². The number of nitrogens with zero attached hydrogens (tertiary/aromatic N) is 1. The molecule has 0 aliphatic carbocycles. The molecule has 0 spiro atoms. The summed E-state index contributed by atoms with van der Waals surface area (Å²) in [5.74, 6) is -5.05. The minimum absolute atomic E-state index is 0.740. The molecule has 6 heteroatoms.